The van der Waals surface area contributed by atoms with Gasteiger partial charge in [0.05, 0.1) is 5.92 Å². The van der Waals surface area contributed by atoms with E-state index in [0.29, 0.717) is 5.92 Å². The number of benzene rings is 1. The van der Waals surface area contributed by atoms with Crippen LogP contribution in [0.2, 0.25) is 0 Å². The minimum absolute atomic E-state index is 0.0827. The van der Waals surface area contributed by atoms with Crippen LogP contribution in [0.3, 0.4) is 0 Å². The lowest BCUT2D eigenvalue weighted by atomic mass is 9.80. The van der Waals surface area contributed by atoms with E-state index in [4.69, 9.17) is 4.74 Å². The van der Waals surface area contributed by atoms with Crippen LogP contribution in [0.15, 0.2) is 24.3 Å². The van der Waals surface area contributed by atoms with Crippen molar-refractivity contribution in [2.75, 3.05) is 0 Å². The van der Waals surface area contributed by atoms with E-state index in [0.717, 1.165) is 49.9 Å². The lowest BCUT2D eigenvalue weighted by molar-refractivity contribution is -0.360. The first-order chi connectivity index (χ1) is 13.6. The van der Waals surface area contributed by atoms with Crippen molar-refractivity contribution >= 4 is 5.97 Å². The Kier molecular flexibility index (Phi) is 8.28. The van der Waals surface area contributed by atoms with Gasteiger partial charge in [-0.25, -0.2) is 0 Å². The number of carbonyl (C=O) groups is 1. The summed E-state index contributed by atoms with van der Waals surface area (Å²) in [6, 6.07) is 4.10. The summed E-state index contributed by atoms with van der Waals surface area (Å²) < 4.78 is 71.2. The van der Waals surface area contributed by atoms with Crippen molar-refractivity contribution in [2.45, 2.75) is 77.0 Å². The number of carbonyl (C=O) groups excluding carboxylic acids is 1. The third-order valence-electron chi connectivity index (χ3n) is 5.26. The van der Waals surface area contributed by atoms with Crippen molar-refractivity contribution in [1.29, 1.82) is 0 Å². The summed E-state index contributed by atoms with van der Waals surface area (Å²) in [6.45, 7) is 2.18. The van der Waals surface area contributed by atoms with E-state index in [2.05, 4.69) is 11.7 Å². The van der Waals surface area contributed by atoms with Crippen LogP contribution in [0, 0.1) is 11.8 Å². The average Bonchev–Trinajstić information content (AvgIpc) is 2.66. The van der Waals surface area contributed by atoms with Crippen molar-refractivity contribution in [3.05, 3.63) is 24.3 Å². The third kappa shape index (κ3) is 7.16. The van der Waals surface area contributed by atoms with Gasteiger partial charge in [-0.2, -0.15) is 22.0 Å². The zero-order chi connectivity index (χ0) is 21.5. The summed E-state index contributed by atoms with van der Waals surface area (Å²) >= 11 is 0. The number of halogens is 5. The predicted molar refractivity (Wildman–Crippen MR) is 97.9 cm³/mol. The molecule has 0 radical (unpaired) electrons. The van der Waals surface area contributed by atoms with Gasteiger partial charge < -0.3 is 9.47 Å². The SMILES string of the molecule is CCCCCC[C@H]1CC[C@H](C(=O)Oc2ccc(OC(F)(F)C(F)(F)F)cc2)CC1. The van der Waals surface area contributed by atoms with E-state index in [1.807, 2.05) is 0 Å². The molecular weight excluding hydrogens is 395 g/mol. The van der Waals surface area contributed by atoms with E-state index in [9.17, 15) is 26.7 Å². The van der Waals surface area contributed by atoms with Crippen molar-refractivity contribution in [3.63, 3.8) is 0 Å². The molecule has 0 bridgehead atoms. The van der Waals surface area contributed by atoms with E-state index in [-0.39, 0.29) is 11.7 Å². The van der Waals surface area contributed by atoms with E-state index in [1.54, 1.807) is 0 Å². The zero-order valence-electron chi connectivity index (χ0n) is 16.4. The largest absolute Gasteiger partial charge is 0.499 e. The number of esters is 1. The van der Waals surface area contributed by atoms with E-state index in [1.165, 1.54) is 32.1 Å². The average molecular weight is 422 g/mol. The highest BCUT2D eigenvalue weighted by molar-refractivity contribution is 5.75. The molecule has 0 spiro atoms. The molecule has 8 heteroatoms. The van der Waals surface area contributed by atoms with Crippen molar-refractivity contribution in [3.8, 4) is 11.5 Å². The van der Waals surface area contributed by atoms with Crippen LogP contribution in [-0.4, -0.2) is 18.3 Å². The second-order valence-electron chi connectivity index (χ2n) is 7.58. The molecular formula is C21H27F5O3. The summed E-state index contributed by atoms with van der Waals surface area (Å²) in [6.07, 6.45) is -1.56. The van der Waals surface area contributed by atoms with E-state index >= 15 is 0 Å². The van der Waals surface area contributed by atoms with Gasteiger partial charge in [0, 0.05) is 0 Å². The normalized spacial score (nSPS) is 20.3. The highest BCUT2D eigenvalue weighted by Gasteiger charge is 2.61. The molecule has 29 heavy (non-hydrogen) atoms. The van der Waals surface area contributed by atoms with Gasteiger partial charge in [-0.1, -0.05) is 39.0 Å². The molecule has 0 aromatic heterocycles. The summed E-state index contributed by atoms with van der Waals surface area (Å²) in [7, 11) is 0. The molecule has 2 rings (SSSR count). The number of hydrogen-bond acceptors (Lipinski definition) is 3. The van der Waals surface area contributed by atoms with Crippen LogP contribution >= 0.6 is 0 Å². The molecule has 0 amide bonds. The minimum atomic E-state index is -5.81. The number of unbranched alkanes of at least 4 members (excludes halogenated alkanes) is 3. The second kappa shape index (κ2) is 10.3. The molecule has 1 aliphatic rings. The van der Waals surface area contributed by atoms with Crippen LogP contribution in [-0.2, 0) is 4.79 Å². The van der Waals surface area contributed by atoms with Gasteiger partial charge in [0.1, 0.15) is 11.5 Å². The van der Waals surface area contributed by atoms with Crippen LogP contribution in [0.1, 0.15) is 64.7 Å². The summed E-state index contributed by atoms with van der Waals surface area (Å²) in [4.78, 5) is 12.3. The number of alkyl halides is 5. The van der Waals surface area contributed by atoms with Gasteiger partial charge in [0.25, 0.3) is 0 Å². The lowest BCUT2D eigenvalue weighted by Crippen LogP contribution is -2.41. The van der Waals surface area contributed by atoms with Crippen molar-refractivity contribution in [1.82, 2.24) is 0 Å². The molecule has 164 valence electrons. The maximum absolute atomic E-state index is 12.9. The Bertz CT molecular complexity index is 635. The maximum atomic E-state index is 12.9. The van der Waals surface area contributed by atoms with Crippen LogP contribution in [0.5, 0.6) is 11.5 Å². The summed E-state index contributed by atoms with van der Waals surface area (Å²) in [5, 5.41) is 0. The molecule has 1 aliphatic carbocycles. The minimum Gasteiger partial charge on any atom is -0.426 e. The van der Waals surface area contributed by atoms with Gasteiger partial charge in [-0.15, -0.1) is 0 Å². The molecule has 1 aromatic rings. The summed E-state index contributed by atoms with van der Waals surface area (Å²) in [5.74, 6) is -0.561. The highest BCUT2D eigenvalue weighted by Crippen LogP contribution is 2.38. The summed E-state index contributed by atoms with van der Waals surface area (Å²) in [5.41, 5.74) is 0. The highest BCUT2D eigenvalue weighted by atomic mass is 19.4. The first-order valence-corrected chi connectivity index (χ1v) is 10.1. The maximum Gasteiger partial charge on any atom is 0.499 e. The molecule has 0 aliphatic heterocycles. The Hall–Kier alpha value is -1.86. The Labute approximate surface area is 167 Å². The van der Waals surface area contributed by atoms with Crippen molar-refractivity contribution < 1.29 is 36.2 Å². The van der Waals surface area contributed by atoms with Gasteiger partial charge in [0.2, 0.25) is 0 Å². The van der Waals surface area contributed by atoms with Crippen molar-refractivity contribution in [2.24, 2.45) is 11.8 Å². The quantitative estimate of drug-likeness (QED) is 0.188. The monoisotopic (exact) mass is 422 g/mol. The fraction of sp³-hybridized carbons (Fsp3) is 0.667. The van der Waals surface area contributed by atoms with E-state index < -0.39 is 24.0 Å². The fourth-order valence-corrected chi connectivity index (χ4v) is 3.53. The number of rotatable bonds is 9. The second-order valence-corrected chi connectivity index (χ2v) is 7.58. The molecule has 0 unspecified atom stereocenters. The third-order valence-corrected chi connectivity index (χ3v) is 5.26. The predicted octanol–water partition coefficient (Wildman–Crippen LogP) is 6.90. The molecule has 3 nitrogen and oxygen atoms in total. The molecule has 0 atom stereocenters. The first-order valence-electron chi connectivity index (χ1n) is 10.1. The topological polar surface area (TPSA) is 35.5 Å². The van der Waals surface area contributed by atoms with Gasteiger partial charge >= 0.3 is 18.3 Å². The Balaban J connectivity index is 1.78. The standard InChI is InChI=1S/C21H27F5O3/c1-2-3-4-5-6-15-7-9-16(10-8-15)19(27)28-17-11-13-18(14-12-17)29-21(25,26)20(22,23)24/h11-16H,2-10H2,1H3/t15-,16-. The number of ether oxygens (including phenoxy) is 2. The molecule has 0 N–H and O–H groups in total. The van der Waals surface area contributed by atoms with Gasteiger partial charge in [0.15, 0.2) is 0 Å². The van der Waals surface area contributed by atoms with Crippen LogP contribution in [0.25, 0.3) is 0 Å². The molecule has 1 fully saturated rings. The Morgan fingerprint density at radius 1 is 0.931 bits per heavy atom. The van der Waals surface area contributed by atoms with Gasteiger partial charge in [-0.05, 0) is 55.9 Å². The molecule has 1 saturated carbocycles. The zero-order valence-corrected chi connectivity index (χ0v) is 16.4. The lowest BCUT2D eigenvalue weighted by Gasteiger charge is -2.27. The molecule has 1 aromatic carbocycles. The van der Waals surface area contributed by atoms with Gasteiger partial charge in [-0.3, -0.25) is 4.79 Å². The Morgan fingerprint density at radius 3 is 2.07 bits per heavy atom. The first kappa shape index (κ1) is 23.4. The molecule has 0 saturated heterocycles. The van der Waals surface area contributed by atoms with Crippen LogP contribution in [0.4, 0.5) is 22.0 Å². The molecule has 0 heterocycles. The van der Waals surface area contributed by atoms with Crippen LogP contribution < -0.4 is 9.47 Å². The Morgan fingerprint density at radius 2 is 1.52 bits per heavy atom. The fourth-order valence-electron chi connectivity index (χ4n) is 3.53. The smallest absolute Gasteiger partial charge is 0.426 e. The number of hydrogen-bond donors (Lipinski definition) is 0.